The molecule has 0 spiro atoms. The van der Waals surface area contributed by atoms with Crippen molar-refractivity contribution in [1.29, 1.82) is 0 Å². The van der Waals surface area contributed by atoms with E-state index in [1.807, 2.05) is 32.9 Å². The second-order valence-corrected chi connectivity index (χ2v) is 32.1. The zero-order valence-corrected chi connectivity index (χ0v) is 68.2. The van der Waals surface area contributed by atoms with Gasteiger partial charge in [-0.25, -0.2) is 4.79 Å². The number of unbranched alkanes of at least 4 members (excludes halogenated alkanes) is 27. The lowest BCUT2D eigenvalue weighted by molar-refractivity contribution is -0.302. The minimum absolute atomic E-state index is 0.0157. The van der Waals surface area contributed by atoms with Crippen molar-refractivity contribution in [2.45, 2.75) is 398 Å². The third kappa shape index (κ3) is 36.0. The van der Waals surface area contributed by atoms with Crippen molar-refractivity contribution in [2.75, 3.05) is 41.1 Å². The number of cyclic esters (lactones) is 1. The number of nitrogens with zero attached hydrogens (tertiary/aromatic N) is 1. The van der Waals surface area contributed by atoms with Crippen LogP contribution in [0.3, 0.4) is 0 Å². The molecule has 2 N–H and O–H groups in total. The maximum absolute atomic E-state index is 15.1. The Balaban J connectivity index is 1.48. The number of methoxy groups -OCH3 is 3. The first-order valence-electron chi connectivity index (χ1n) is 42.5. The maximum atomic E-state index is 15.1. The van der Waals surface area contributed by atoms with Crippen molar-refractivity contribution >= 4 is 47.3 Å². The smallest absolute Gasteiger partial charge is 0.329 e. The molecule has 4 rings (SSSR count). The molecule has 1 aliphatic carbocycles. The van der Waals surface area contributed by atoms with Gasteiger partial charge in [0, 0.05) is 77.7 Å². The Hall–Kier alpha value is -4.86. The van der Waals surface area contributed by atoms with Crippen LogP contribution >= 0.6 is 0 Å². The highest BCUT2D eigenvalue weighted by Crippen LogP contribution is 2.40. The summed E-state index contributed by atoms with van der Waals surface area (Å²) >= 11 is 0. The normalized spacial score (nSPS) is 27.2. The summed E-state index contributed by atoms with van der Waals surface area (Å²) in [6, 6.07) is -1.26. The fourth-order valence-electron chi connectivity index (χ4n) is 16.1. The van der Waals surface area contributed by atoms with Gasteiger partial charge in [-0.3, -0.25) is 33.6 Å². The van der Waals surface area contributed by atoms with E-state index in [9.17, 15) is 43.8 Å². The molecule has 20 nitrogen and oxygen atoms in total. The number of piperidine rings is 1. The molecule has 0 aromatic carbocycles. The van der Waals surface area contributed by atoms with E-state index in [0.29, 0.717) is 89.0 Å². The van der Waals surface area contributed by atoms with Crippen LogP contribution in [0, 0.1) is 29.6 Å². The Morgan fingerprint density at radius 2 is 1.08 bits per heavy atom. The minimum atomic E-state index is -2.59. The monoisotopic (exact) mass is 1510 g/mol. The van der Waals surface area contributed by atoms with E-state index in [-0.39, 0.29) is 101 Å². The molecule has 614 valence electrons. The summed E-state index contributed by atoms with van der Waals surface area (Å²) in [7, 11) is 4.58. The Morgan fingerprint density at radius 1 is 0.607 bits per heavy atom. The minimum Gasteiger partial charge on any atom is -0.462 e. The van der Waals surface area contributed by atoms with Gasteiger partial charge in [0.2, 0.25) is 5.79 Å². The van der Waals surface area contributed by atoms with E-state index in [4.69, 9.17) is 42.6 Å². The summed E-state index contributed by atoms with van der Waals surface area (Å²) in [4.78, 5) is 114. The molecule has 107 heavy (non-hydrogen) atoms. The van der Waals surface area contributed by atoms with Crippen LogP contribution in [0.5, 0.6) is 0 Å². The van der Waals surface area contributed by atoms with E-state index < -0.39 is 108 Å². The highest BCUT2D eigenvalue weighted by Gasteiger charge is 2.57. The molecule has 3 heterocycles. The third-order valence-corrected chi connectivity index (χ3v) is 22.8. The largest absolute Gasteiger partial charge is 0.462 e. The number of carbonyl (C=O) groups excluding carboxylic acids is 8. The number of rotatable bonds is 48. The molecule has 3 fully saturated rings. The predicted octanol–water partition coefficient (Wildman–Crippen LogP) is 17.5. The molecule has 0 radical (unpaired) electrons. The number of aliphatic hydroxyl groups excluding tert-OH is 1. The molecule has 3 aliphatic heterocycles. The Labute approximate surface area is 645 Å². The van der Waals surface area contributed by atoms with Crippen LogP contribution in [0.25, 0.3) is 0 Å². The maximum Gasteiger partial charge on any atom is 0.329 e. The number of aliphatic hydroxyl groups is 2. The number of allylic oxidation sites excluding steroid dienone is 4. The average Bonchev–Trinajstić information content (AvgIpc) is 0.832. The summed E-state index contributed by atoms with van der Waals surface area (Å²) in [5.74, 6) is -10.5. The Bertz CT molecular complexity index is 2600. The van der Waals surface area contributed by atoms with Crippen molar-refractivity contribution in [1.82, 2.24) is 4.90 Å². The molecular formula is C87H147NO19. The molecule has 0 aromatic rings. The number of amides is 1. The summed E-state index contributed by atoms with van der Waals surface area (Å²) < 4.78 is 54.1. The van der Waals surface area contributed by atoms with Crippen LogP contribution in [0.15, 0.2) is 36.0 Å². The second kappa shape index (κ2) is 54.7. The topological polar surface area (TPSA) is 263 Å². The number of carbonyl (C=O) groups is 8. The lowest BCUT2D eigenvalue weighted by Gasteiger charge is -2.47. The first kappa shape index (κ1) is 94.5. The van der Waals surface area contributed by atoms with Gasteiger partial charge in [-0.1, -0.05) is 225 Å². The molecular weight excluding hydrogens is 1360 g/mol. The lowest BCUT2D eigenvalue weighted by Crippen LogP contribution is -2.64. The van der Waals surface area contributed by atoms with Crippen LogP contribution in [0.1, 0.15) is 337 Å². The molecule has 1 amide bonds. The highest BCUT2D eigenvalue weighted by atomic mass is 16.7. The zero-order valence-electron chi connectivity index (χ0n) is 68.2. The first-order chi connectivity index (χ1) is 51.5. The van der Waals surface area contributed by atoms with Crippen LogP contribution in [-0.2, 0) is 81.0 Å². The van der Waals surface area contributed by atoms with Gasteiger partial charge in [-0.05, 0) is 121 Å². The Morgan fingerprint density at radius 3 is 1.58 bits per heavy atom. The fraction of sp³-hybridized carbons (Fsp3) is 0.839. The van der Waals surface area contributed by atoms with Gasteiger partial charge < -0.3 is 57.7 Å². The molecule has 14 atom stereocenters. The second-order valence-electron chi connectivity index (χ2n) is 32.1. The van der Waals surface area contributed by atoms with E-state index in [1.165, 1.54) is 135 Å². The third-order valence-electron chi connectivity index (χ3n) is 22.8. The number of ketones is 2. The van der Waals surface area contributed by atoms with Gasteiger partial charge >= 0.3 is 29.8 Å². The van der Waals surface area contributed by atoms with Gasteiger partial charge in [0.15, 0.2) is 6.10 Å². The average molecular weight is 1510 g/mol. The van der Waals surface area contributed by atoms with Gasteiger partial charge in [-0.15, -0.1) is 6.58 Å². The standard InChI is InChI=1S/C87H147NO19/c1-12-15-17-19-21-23-25-27-29-31-33-35-39-47-78(91)102-61-70(62-103-79(92)48-40-36-34-32-30-28-26-24-22-20-18-16-13-2)104-80(93)49-41-37-38-42-50-81(94)105-74-60-73(90)69(45-14-3)55-63(4)54-64(5)56-76(100-10)83-77(101-11)58-66(7)87(98,107-83)84(95)85(96)88-53-44-43-46-71(88)86(97)106-82(67(74)8)65(6)57-68-51-52-72(89)75(59-68)99-9/h14,55,57,64,66-72,74-77,82-83,89,98H,3,12-13,15-54,56,58-62H2,1-2,4-11H3/b63-55+,65-57+/t64-,66?,67+,68-,69+,71?,72+,74-,75+,76-,77-,82+,83?,87+/m0/s1. The van der Waals surface area contributed by atoms with Crippen molar-refractivity contribution in [2.24, 2.45) is 29.6 Å². The van der Waals surface area contributed by atoms with E-state index >= 15 is 4.79 Å². The van der Waals surface area contributed by atoms with Gasteiger partial charge in [0.1, 0.15) is 43.4 Å². The van der Waals surface area contributed by atoms with Crippen molar-refractivity contribution in [3.63, 3.8) is 0 Å². The highest BCUT2D eigenvalue weighted by molar-refractivity contribution is 6.39. The lowest BCUT2D eigenvalue weighted by atomic mass is 9.81. The van der Waals surface area contributed by atoms with Crippen molar-refractivity contribution in [3.05, 3.63) is 36.0 Å². The molecule has 0 aromatic heterocycles. The van der Waals surface area contributed by atoms with Crippen molar-refractivity contribution in [3.8, 4) is 0 Å². The molecule has 3 unspecified atom stereocenters. The summed E-state index contributed by atoms with van der Waals surface area (Å²) in [5.41, 5.74) is 1.48. The van der Waals surface area contributed by atoms with Crippen LogP contribution in [0.4, 0.5) is 0 Å². The van der Waals surface area contributed by atoms with Crippen molar-refractivity contribution < 1.29 is 91.2 Å². The Kier molecular flexibility index (Phi) is 48.3. The van der Waals surface area contributed by atoms with E-state index in [1.54, 1.807) is 27.0 Å². The fourth-order valence-corrected chi connectivity index (χ4v) is 16.1. The van der Waals surface area contributed by atoms with Crippen LogP contribution in [-0.4, -0.2) is 164 Å². The molecule has 4 aliphatic rings. The van der Waals surface area contributed by atoms with Gasteiger partial charge in [0.25, 0.3) is 11.7 Å². The molecule has 20 heteroatoms. The van der Waals surface area contributed by atoms with Gasteiger partial charge in [-0.2, -0.15) is 0 Å². The quantitative estimate of drug-likeness (QED) is 0.0188. The van der Waals surface area contributed by atoms with Crippen LogP contribution < -0.4 is 0 Å². The molecule has 2 saturated heterocycles. The summed E-state index contributed by atoms with van der Waals surface area (Å²) in [6.07, 6.45) is 35.9. The first-order valence-corrected chi connectivity index (χ1v) is 42.5. The van der Waals surface area contributed by atoms with Crippen LogP contribution in [0.2, 0.25) is 0 Å². The van der Waals surface area contributed by atoms with E-state index in [2.05, 4.69) is 20.4 Å². The number of fused-ring (bicyclic) bond motifs is 3. The number of ether oxygens (including phenoxy) is 9. The van der Waals surface area contributed by atoms with E-state index in [0.717, 1.165) is 44.1 Å². The number of esters is 5. The summed E-state index contributed by atoms with van der Waals surface area (Å²) in [5, 5.41) is 23.1. The zero-order chi connectivity index (χ0) is 78.4. The SMILES string of the molecule is C=CC[C@@H]1/C=C(\C)C[C@H](C)C[C@H](OC)C2O[C@@](O)(C(=O)C(=O)N3CCCCC3C(=O)O[C@H](/C(C)=C/[C@@H]3CC[C@@H](O)[C@H](OC)C3)[C@H](C)[C@@H](OC(=O)CCCCCCC(=O)OC(COC(=O)CCCCCCCCCCCCCCC)COC(=O)CCCCCCCCCCCCCCC)CC1=O)C(C)C[C@@H]2OC. The van der Waals surface area contributed by atoms with Gasteiger partial charge in [0.05, 0.1) is 24.4 Å². The predicted molar refractivity (Wildman–Crippen MR) is 417 cm³/mol. The molecule has 2 bridgehead atoms. The molecule has 1 saturated carbocycles. The number of Topliss-reactive ketones (excluding diaryl/α,β-unsaturated/α-hetero) is 2. The summed E-state index contributed by atoms with van der Waals surface area (Å²) in [6.45, 7) is 17.2. The number of hydrogen-bond donors (Lipinski definition) is 2. The number of hydrogen-bond acceptors (Lipinski definition) is 19.